The minimum atomic E-state index is -1.00. The molecule has 0 aliphatic heterocycles. The molecule has 1 amide bonds. The van der Waals surface area contributed by atoms with Gasteiger partial charge >= 0.3 is 12.1 Å². The standard InChI is InChI=1S/C31H36FNO8/c1-3-39-29(30(34)35)21-23-7-11-27(12-8-23)40-20-18-33(31(36)41-28-15-13-26(37-2)14-16-28)17-4-19-38-22-24-5-9-25(32)10-6-24/h5-16,29H,3-4,17-22H2,1-2H3,(H,34,35). The molecule has 0 radical (unpaired) electrons. The first-order chi connectivity index (χ1) is 19.9. The van der Waals surface area contributed by atoms with Crippen molar-refractivity contribution in [1.82, 2.24) is 4.90 Å². The van der Waals surface area contributed by atoms with E-state index in [2.05, 4.69) is 0 Å². The van der Waals surface area contributed by atoms with E-state index in [0.29, 0.717) is 50.0 Å². The van der Waals surface area contributed by atoms with Gasteiger partial charge in [-0.3, -0.25) is 0 Å². The highest BCUT2D eigenvalue weighted by Gasteiger charge is 2.18. The number of carboxylic acids is 1. The fraction of sp³-hybridized carbons (Fsp3) is 0.355. The highest BCUT2D eigenvalue weighted by molar-refractivity contribution is 5.72. The first kappa shape index (κ1) is 31.4. The highest BCUT2D eigenvalue weighted by Crippen LogP contribution is 2.18. The van der Waals surface area contributed by atoms with Crippen molar-refractivity contribution in [3.8, 4) is 17.2 Å². The zero-order valence-corrected chi connectivity index (χ0v) is 23.3. The van der Waals surface area contributed by atoms with Gasteiger partial charge in [0.05, 0.1) is 20.3 Å². The predicted molar refractivity (Wildman–Crippen MR) is 150 cm³/mol. The molecule has 0 saturated carbocycles. The number of methoxy groups -OCH3 is 1. The van der Waals surface area contributed by atoms with Crippen LogP contribution >= 0.6 is 0 Å². The predicted octanol–water partition coefficient (Wildman–Crippen LogP) is 5.35. The van der Waals surface area contributed by atoms with Crippen LogP contribution in [-0.4, -0.2) is 68.2 Å². The van der Waals surface area contributed by atoms with Gasteiger partial charge in [-0.25, -0.2) is 14.0 Å². The van der Waals surface area contributed by atoms with Crippen molar-refractivity contribution < 1.29 is 42.8 Å². The molecule has 0 aromatic heterocycles. The Labute approximate surface area is 239 Å². The largest absolute Gasteiger partial charge is 0.497 e. The van der Waals surface area contributed by atoms with Crippen molar-refractivity contribution in [2.45, 2.75) is 32.5 Å². The van der Waals surface area contributed by atoms with Crippen LogP contribution in [0.5, 0.6) is 17.2 Å². The summed E-state index contributed by atoms with van der Waals surface area (Å²) in [7, 11) is 1.56. The molecule has 41 heavy (non-hydrogen) atoms. The molecule has 3 aromatic carbocycles. The molecule has 0 heterocycles. The van der Waals surface area contributed by atoms with E-state index in [1.807, 2.05) is 0 Å². The lowest BCUT2D eigenvalue weighted by molar-refractivity contribution is -0.149. The van der Waals surface area contributed by atoms with Gasteiger partial charge in [-0.1, -0.05) is 24.3 Å². The number of benzene rings is 3. The number of halogens is 1. The topological polar surface area (TPSA) is 104 Å². The quantitative estimate of drug-likeness (QED) is 0.217. The molecule has 0 saturated heterocycles. The Kier molecular flexibility index (Phi) is 12.9. The molecule has 0 bridgehead atoms. The molecule has 3 aromatic rings. The van der Waals surface area contributed by atoms with Gasteiger partial charge in [-0.05, 0) is 73.0 Å². The maximum absolute atomic E-state index is 13.1. The molecule has 3 rings (SSSR count). The van der Waals surface area contributed by atoms with Gasteiger partial charge in [-0.2, -0.15) is 0 Å². The van der Waals surface area contributed by atoms with Gasteiger partial charge in [0.15, 0.2) is 6.10 Å². The summed E-state index contributed by atoms with van der Waals surface area (Å²) in [6.45, 7) is 3.65. The maximum Gasteiger partial charge on any atom is 0.415 e. The molecule has 0 fully saturated rings. The molecule has 9 nitrogen and oxygen atoms in total. The molecular weight excluding hydrogens is 533 g/mol. The van der Waals surface area contributed by atoms with Crippen molar-refractivity contribution in [3.63, 3.8) is 0 Å². The minimum Gasteiger partial charge on any atom is -0.497 e. The Hall–Kier alpha value is -4.15. The molecule has 220 valence electrons. The van der Waals surface area contributed by atoms with Crippen LogP contribution in [0, 0.1) is 5.82 Å². The third-order valence-electron chi connectivity index (χ3n) is 6.04. The SMILES string of the molecule is CCOC(Cc1ccc(OCCN(CCCOCc2ccc(F)cc2)C(=O)Oc2ccc(OC)cc2)cc1)C(=O)O. The zero-order valence-electron chi connectivity index (χ0n) is 23.3. The normalized spacial score (nSPS) is 11.5. The molecule has 10 heteroatoms. The van der Waals surface area contributed by atoms with Crippen molar-refractivity contribution in [3.05, 3.63) is 89.7 Å². The number of carbonyl (C=O) groups is 2. The van der Waals surface area contributed by atoms with Crippen LogP contribution in [0.15, 0.2) is 72.8 Å². The number of rotatable bonds is 17. The molecule has 1 atom stereocenters. The van der Waals surface area contributed by atoms with Crippen LogP contribution in [0.1, 0.15) is 24.5 Å². The number of carboxylic acid groups (broad SMARTS) is 1. The number of amides is 1. The number of hydrogen-bond acceptors (Lipinski definition) is 7. The van der Waals surface area contributed by atoms with Gasteiger partial charge in [0.1, 0.15) is 29.7 Å². The summed E-state index contributed by atoms with van der Waals surface area (Å²) in [5.41, 5.74) is 1.67. The van der Waals surface area contributed by atoms with Crippen molar-refractivity contribution in [2.75, 3.05) is 40.0 Å². The number of aliphatic carboxylic acids is 1. The average molecular weight is 570 g/mol. The van der Waals surface area contributed by atoms with Gasteiger partial charge in [-0.15, -0.1) is 0 Å². The number of nitrogens with zero attached hydrogens (tertiary/aromatic N) is 1. The van der Waals surface area contributed by atoms with Crippen LogP contribution in [-0.2, 0) is 27.3 Å². The fourth-order valence-electron chi connectivity index (χ4n) is 3.86. The van der Waals surface area contributed by atoms with E-state index in [-0.39, 0.29) is 25.4 Å². The summed E-state index contributed by atoms with van der Waals surface area (Å²) < 4.78 is 40.6. The van der Waals surface area contributed by atoms with Crippen LogP contribution in [0.25, 0.3) is 0 Å². The molecule has 1 N–H and O–H groups in total. The van der Waals surface area contributed by atoms with Crippen LogP contribution in [0.2, 0.25) is 0 Å². The summed E-state index contributed by atoms with van der Waals surface area (Å²) in [5.74, 6) is 0.316. The van der Waals surface area contributed by atoms with Crippen LogP contribution in [0.3, 0.4) is 0 Å². The third-order valence-corrected chi connectivity index (χ3v) is 6.04. The second kappa shape index (κ2) is 16.8. The summed E-state index contributed by atoms with van der Waals surface area (Å²) in [6.07, 6.45) is -0.629. The van der Waals surface area contributed by atoms with Gasteiger partial charge in [0, 0.05) is 26.2 Å². The van der Waals surface area contributed by atoms with Gasteiger partial charge in [0.25, 0.3) is 0 Å². The summed E-state index contributed by atoms with van der Waals surface area (Å²) >= 11 is 0. The molecular formula is C31H36FNO8. The van der Waals surface area contributed by atoms with E-state index < -0.39 is 18.2 Å². The van der Waals surface area contributed by atoms with Gasteiger partial charge in [0.2, 0.25) is 0 Å². The minimum absolute atomic E-state index is 0.212. The van der Waals surface area contributed by atoms with Crippen molar-refractivity contribution in [1.29, 1.82) is 0 Å². The maximum atomic E-state index is 13.1. The average Bonchev–Trinajstić information content (AvgIpc) is 2.98. The van der Waals surface area contributed by atoms with E-state index in [1.54, 1.807) is 79.6 Å². The zero-order chi connectivity index (χ0) is 29.5. The summed E-state index contributed by atoms with van der Waals surface area (Å²) in [6, 6.07) is 19.9. The van der Waals surface area contributed by atoms with E-state index in [9.17, 15) is 19.1 Å². The first-order valence-corrected chi connectivity index (χ1v) is 13.4. The van der Waals surface area contributed by atoms with Crippen molar-refractivity contribution >= 4 is 12.1 Å². The molecule has 0 aliphatic rings. The Morgan fingerprint density at radius 2 is 1.49 bits per heavy atom. The first-order valence-electron chi connectivity index (χ1n) is 13.4. The summed E-state index contributed by atoms with van der Waals surface area (Å²) in [5, 5.41) is 9.28. The lowest BCUT2D eigenvalue weighted by Gasteiger charge is -2.22. The Morgan fingerprint density at radius 1 is 0.854 bits per heavy atom. The van der Waals surface area contributed by atoms with Crippen LogP contribution in [0.4, 0.5) is 9.18 Å². The third kappa shape index (κ3) is 11.1. The second-order valence-electron chi connectivity index (χ2n) is 9.04. The van der Waals surface area contributed by atoms with E-state index in [1.165, 1.54) is 12.1 Å². The number of ether oxygens (including phenoxy) is 5. The summed E-state index contributed by atoms with van der Waals surface area (Å²) in [4.78, 5) is 25.8. The Bertz CT molecular complexity index is 1200. The molecule has 1 unspecified atom stereocenters. The smallest absolute Gasteiger partial charge is 0.415 e. The Morgan fingerprint density at radius 3 is 2.12 bits per heavy atom. The number of carbonyl (C=O) groups excluding carboxylic acids is 1. The lowest BCUT2D eigenvalue weighted by Crippen LogP contribution is -2.38. The van der Waals surface area contributed by atoms with E-state index in [0.717, 1.165) is 11.1 Å². The second-order valence-corrected chi connectivity index (χ2v) is 9.04. The van der Waals surface area contributed by atoms with Gasteiger partial charge < -0.3 is 33.7 Å². The van der Waals surface area contributed by atoms with Crippen molar-refractivity contribution in [2.24, 2.45) is 0 Å². The van der Waals surface area contributed by atoms with Crippen LogP contribution < -0.4 is 14.2 Å². The molecule has 0 spiro atoms. The monoisotopic (exact) mass is 569 g/mol. The highest BCUT2D eigenvalue weighted by atomic mass is 19.1. The molecule has 0 aliphatic carbocycles. The fourth-order valence-corrected chi connectivity index (χ4v) is 3.86. The van der Waals surface area contributed by atoms with E-state index >= 15 is 0 Å². The Balaban J connectivity index is 1.52. The lowest BCUT2D eigenvalue weighted by atomic mass is 10.1. The number of hydrogen-bond donors (Lipinski definition) is 1. The van der Waals surface area contributed by atoms with E-state index in [4.69, 9.17) is 23.7 Å².